The van der Waals surface area contributed by atoms with Crippen molar-refractivity contribution in [2.75, 3.05) is 13.1 Å². The van der Waals surface area contributed by atoms with E-state index in [4.69, 9.17) is 10.00 Å². The molecule has 0 aromatic heterocycles. The summed E-state index contributed by atoms with van der Waals surface area (Å²) in [6.07, 6.45) is 6.49. The van der Waals surface area contributed by atoms with Crippen LogP contribution in [0.3, 0.4) is 0 Å². The third-order valence-corrected chi connectivity index (χ3v) is 4.91. The van der Waals surface area contributed by atoms with Crippen LogP contribution in [0.2, 0.25) is 0 Å². The Bertz CT molecular complexity index is 532. The first-order valence-corrected chi connectivity index (χ1v) is 8.35. The highest BCUT2D eigenvalue weighted by Gasteiger charge is 2.31. The number of hydrogen-bond acceptors (Lipinski definition) is 4. The maximum atomic E-state index is 10.2. The van der Waals surface area contributed by atoms with Gasteiger partial charge in [0.15, 0.2) is 0 Å². The molecule has 1 aromatic rings. The summed E-state index contributed by atoms with van der Waals surface area (Å²) in [5, 5.41) is 19.1. The standard InChI is InChI=1S/C18H24N2O2/c19-13-14-4-3-5-16(12-14)22-15-8-10-20(11-9-15)17-6-1-2-7-18(17)21/h3-5,12,15,17-18,21H,1-2,6-11H2. The fourth-order valence-electron chi connectivity index (χ4n) is 3.67. The SMILES string of the molecule is N#Cc1cccc(OC2CCN(C3CCCCC3O)CC2)c1. The van der Waals surface area contributed by atoms with Crippen molar-refractivity contribution >= 4 is 0 Å². The fraction of sp³-hybridized carbons (Fsp3) is 0.611. The normalized spacial score (nSPS) is 27.3. The molecule has 22 heavy (non-hydrogen) atoms. The Morgan fingerprint density at radius 2 is 1.91 bits per heavy atom. The Hall–Kier alpha value is -1.57. The monoisotopic (exact) mass is 300 g/mol. The smallest absolute Gasteiger partial charge is 0.121 e. The summed E-state index contributed by atoms with van der Waals surface area (Å²) in [6.45, 7) is 1.98. The Labute approximate surface area is 132 Å². The van der Waals surface area contributed by atoms with Crippen molar-refractivity contribution in [3.8, 4) is 11.8 Å². The maximum Gasteiger partial charge on any atom is 0.121 e. The predicted molar refractivity (Wildman–Crippen MR) is 84.6 cm³/mol. The van der Waals surface area contributed by atoms with E-state index in [1.165, 1.54) is 6.42 Å². The number of nitriles is 1. The molecule has 0 amide bonds. The van der Waals surface area contributed by atoms with Gasteiger partial charge in [-0.15, -0.1) is 0 Å². The number of nitrogens with zero attached hydrogens (tertiary/aromatic N) is 2. The highest BCUT2D eigenvalue weighted by Crippen LogP contribution is 2.27. The quantitative estimate of drug-likeness (QED) is 0.932. The second-order valence-electron chi connectivity index (χ2n) is 6.41. The zero-order valence-electron chi connectivity index (χ0n) is 12.9. The van der Waals surface area contributed by atoms with E-state index in [-0.39, 0.29) is 12.2 Å². The molecule has 1 aliphatic carbocycles. The average Bonchev–Trinajstić information content (AvgIpc) is 2.56. The minimum Gasteiger partial charge on any atom is -0.490 e. The van der Waals surface area contributed by atoms with Crippen molar-refractivity contribution in [2.24, 2.45) is 0 Å². The van der Waals surface area contributed by atoms with Gasteiger partial charge in [-0.3, -0.25) is 4.90 Å². The van der Waals surface area contributed by atoms with Crippen LogP contribution in [0.5, 0.6) is 5.75 Å². The van der Waals surface area contributed by atoms with Crippen LogP contribution < -0.4 is 4.74 Å². The lowest BCUT2D eigenvalue weighted by Gasteiger charge is -2.41. The average molecular weight is 300 g/mol. The first-order valence-electron chi connectivity index (χ1n) is 8.35. The van der Waals surface area contributed by atoms with Gasteiger partial charge < -0.3 is 9.84 Å². The molecule has 1 aromatic carbocycles. The molecule has 1 saturated heterocycles. The van der Waals surface area contributed by atoms with Gasteiger partial charge in [0.1, 0.15) is 11.9 Å². The van der Waals surface area contributed by atoms with Gasteiger partial charge in [0.2, 0.25) is 0 Å². The van der Waals surface area contributed by atoms with Crippen molar-refractivity contribution in [2.45, 2.75) is 56.8 Å². The summed E-state index contributed by atoms with van der Waals surface area (Å²) in [5.74, 6) is 0.787. The van der Waals surface area contributed by atoms with Crippen LogP contribution in [0.15, 0.2) is 24.3 Å². The molecule has 4 heteroatoms. The molecule has 2 aliphatic rings. The molecule has 2 atom stereocenters. The summed E-state index contributed by atoms with van der Waals surface area (Å²) < 4.78 is 6.02. The molecule has 2 unspecified atom stereocenters. The number of piperidine rings is 1. The lowest BCUT2D eigenvalue weighted by Crippen LogP contribution is -2.50. The van der Waals surface area contributed by atoms with Crippen LogP contribution in [-0.2, 0) is 0 Å². The Balaban J connectivity index is 1.52. The van der Waals surface area contributed by atoms with Gasteiger partial charge in [0, 0.05) is 19.1 Å². The predicted octanol–water partition coefficient (Wildman–Crippen LogP) is 2.70. The fourth-order valence-corrected chi connectivity index (χ4v) is 3.67. The van der Waals surface area contributed by atoms with Gasteiger partial charge >= 0.3 is 0 Å². The van der Waals surface area contributed by atoms with Gasteiger partial charge in [0.05, 0.1) is 17.7 Å². The number of aliphatic hydroxyl groups is 1. The third-order valence-electron chi connectivity index (χ3n) is 4.91. The molecule has 1 N–H and O–H groups in total. The van der Waals surface area contributed by atoms with Crippen molar-refractivity contribution in [1.82, 2.24) is 4.90 Å². The highest BCUT2D eigenvalue weighted by atomic mass is 16.5. The van der Waals surface area contributed by atoms with Crippen LogP contribution >= 0.6 is 0 Å². The van der Waals surface area contributed by atoms with Gasteiger partial charge in [-0.1, -0.05) is 18.9 Å². The molecule has 0 bridgehead atoms. The summed E-state index contributed by atoms with van der Waals surface area (Å²) >= 11 is 0. The molecule has 1 saturated carbocycles. The van der Waals surface area contributed by atoms with E-state index >= 15 is 0 Å². The van der Waals surface area contributed by atoms with Gasteiger partial charge in [-0.2, -0.15) is 5.26 Å². The van der Waals surface area contributed by atoms with Crippen LogP contribution in [0.4, 0.5) is 0 Å². The summed E-state index contributed by atoms with van der Waals surface area (Å²) in [7, 11) is 0. The molecular weight excluding hydrogens is 276 g/mol. The Kier molecular flexibility index (Phi) is 4.97. The molecule has 1 heterocycles. The molecular formula is C18H24N2O2. The van der Waals surface area contributed by atoms with Crippen molar-refractivity contribution < 1.29 is 9.84 Å². The van der Waals surface area contributed by atoms with Gasteiger partial charge in [-0.25, -0.2) is 0 Å². The van der Waals surface area contributed by atoms with E-state index in [1.54, 1.807) is 12.1 Å². The summed E-state index contributed by atoms with van der Waals surface area (Å²) in [6, 6.07) is 9.86. The number of rotatable bonds is 3. The number of hydrogen-bond donors (Lipinski definition) is 1. The van der Waals surface area contributed by atoms with E-state index < -0.39 is 0 Å². The van der Waals surface area contributed by atoms with Crippen LogP contribution in [0, 0.1) is 11.3 Å². The lowest BCUT2D eigenvalue weighted by atomic mass is 9.90. The van der Waals surface area contributed by atoms with E-state index in [1.807, 2.05) is 12.1 Å². The van der Waals surface area contributed by atoms with E-state index in [0.717, 1.165) is 50.9 Å². The number of benzene rings is 1. The van der Waals surface area contributed by atoms with Crippen molar-refractivity contribution in [3.05, 3.63) is 29.8 Å². The van der Waals surface area contributed by atoms with Crippen molar-refractivity contribution in [1.29, 1.82) is 5.26 Å². The second-order valence-corrected chi connectivity index (χ2v) is 6.41. The minimum atomic E-state index is -0.154. The molecule has 2 fully saturated rings. The first-order chi connectivity index (χ1) is 10.8. The zero-order chi connectivity index (χ0) is 15.4. The van der Waals surface area contributed by atoms with E-state index in [0.29, 0.717) is 11.6 Å². The summed E-state index contributed by atoms with van der Waals surface area (Å²) in [4.78, 5) is 2.44. The Morgan fingerprint density at radius 1 is 1.14 bits per heavy atom. The largest absolute Gasteiger partial charge is 0.490 e. The number of likely N-dealkylation sites (tertiary alicyclic amines) is 1. The molecule has 1 aliphatic heterocycles. The zero-order valence-corrected chi connectivity index (χ0v) is 12.9. The number of ether oxygens (including phenoxy) is 1. The molecule has 3 rings (SSSR count). The summed E-state index contributed by atoms with van der Waals surface area (Å²) in [5.41, 5.74) is 0.639. The molecule has 0 spiro atoms. The van der Waals surface area contributed by atoms with Gasteiger partial charge in [0.25, 0.3) is 0 Å². The van der Waals surface area contributed by atoms with Crippen LogP contribution in [0.1, 0.15) is 44.1 Å². The molecule has 0 radical (unpaired) electrons. The molecule has 4 nitrogen and oxygen atoms in total. The molecule has 118 valence electrons. The topological polar surface area (TPSA) is 56.5 Å². The third kappa shape index (κ3) is 3.60. The second kappa shape index (κ2) is 7.13. The maximum absolute atomic E-state index is 10.2. The Morgan fingerprint density at radius 3 is 2.64 bits per heavy atom. The van der Waals surface area contributed by atoms with Crippen LogP contribution in [0.25, 0.3) is 0 Å². The van der Waals surface area contributed by atoms with Gasteiger partial charge in [-0.05, 0) is 43.9 Å². The minimum absolute atomic E-state index is 0.154. The highest BCUT2D eigenvalue weighted by molar-refractivity contribution is 5.36. The lowest BCUT2D eigenvalue weighted by molar-refractivity contribution is -0.00692. The number of aliphatic hydroxyl groups excluding tert-OH is 1. The van der Waals surface area contributed by atoms with Crippen molar-refractivity contribution in [3.63, 3.8) is 0 Å². The first kappa shape index (κ1) is 15.3. The van der Waals surface area contributed by atoms with Crippen LogP contribution in [-0.4, -0.2) is 41.3 Å². The van der Waals surface area contributed by atoms with E-state index in [2.05, 4.69) is 11.0 Å². The van der Waals surface area contributed by atoms with E-state index in [9.17, 15) is 5.11 Å².